The smallest absolute Gasteiger partial charge is 0.177 e. The summed E-state index contributed by atoms with van der Waals surface area (Å²) in [6.07, 6.45) is 8.19. The number of ether oxygens (including phenoxy) is 2. The lowest BCUT2D eigenvalue weighted by molar-refractivity contribution is 0.331. The van der Waals surface area contributed by atoms with Gasteiger partial charge in [-0.25, -0.2) is 0 Å². The molecule has 0 amide bonds. The van der Waals surface area contributed by atoms with Crippen LogP contribution in [-0.2, 0) is 19.3 Å². The second kappa shape index (κ2) is 9.22. The van der Waals surface area contributed by atoms with Crippen molar-refractivity contribution >= 4 is 0 Å². The van der Waals surface area contributed by atoms with E-state index in [-0.39, 0.29) is 11.5 Å². The number of para-hydroxylation sites is 1. The van der Waals surface area contributed by atoms with Gasteiger partial charge in [-0.05, 0) is 50.2 Å². The van der Waals surface area contributed by atoms with Crippen molar-refractivity contribution in [3.8, 4) is 34.5 Å². The van der Waals surface area contributed by atoms with E-state index in [1.54, 1.807) is 0 Å². The van der Waals surface area contributed by atoms with E-state index in [1.165, 1.54) is 0 Å². The van der Waals surface area contributed by atoms with Crippen molar-refractivity contribution in [2.75, 3.05) is 0 Å². The largest absolute Gasteiger partial charge is 0.504 e. The van der Waals surface area contributed by atoms with Crippen LogP contribution in [0.2, 0.25) is 0 Å². The van der Waals surface area contributed by atoms with E-state index in [0.717, 1.165) is 56.3 Å². The van der Waals surface area contributed by atoms with Gasteiger partial charge in [0, 0.05) is 11.1 Å². The lowest BCUT2D eigenvalue weighted by atomic mass is 9.97. The van der Waals surface area contributed by atoms with Gasteiger partial charge in [-0.3, -0.25) is 0 Å². The maximum absolute atomic E-state index is 10.7. The molecule has 3 rings (SSSR count). The van der Waals surface area contributed by atoms with Crippen molar-refractivity contribution in [3.63, 3.8) is 0 Å². The monoisotopic (exact) mass is 384 g/mol. The molecule has 2 aromatic carbocycles. The Bertz CT molecular complexity index is 826. The van der Waals surface area contributed by atoms with Gasteiger partial charge in [0.15, 0.2) is 34.5 Å². The van der Waals surface area contributed by atoms with Gasteiger partial charge in [-0.1, -0.05) is 52.2 Å². The van der Waals surface area contributed by atoms with Crippen LogP contribution in [0.1, 0.15) is 76.0 Å². The third-order valence-electron chi connectivity index (χ3n) is 5.39. The first kappa shape index (κ1) is 20.4. The summed E-state index contributed by atoms with van der Waals surface area (Å²) >= 11 is 0. The van der Waals surface area contributed by atoms with Crippen molar-refractivity contribution in [2.24, 2.45) is 0 Å². The van der Waals surface area contributed by atoms with Crippen LogP contribution in [0.25, 0.3) is 0 Å². The predicted octanol–water partition coefficient (Wildman–Crippen LogP) is 7.02. The average Bonchev–Trinajstić information content (AvgIpc) is 2.71. The van der Waals surface area contributed by atoms with Crippen molar-refractivity contribution in [2.45, 2.75) is 78.6 Å². The standard InChI is InChI=1S/C24H32O4/c1-4-7-11-16-12-10-15-19-22(16)28-24-18(14-9-6-3)21(26)20(25)17(13-8-5-2)23(24)27-19/h10,12,15,25-26H,4-9,11,13-14H2,1-3H3. The van der Waals surface area contributed by atoms with Gasteiger partial charge in [0.1, 0.15) is 0 Å². The number of rotatable bonds is 9. The van der Waals surface area contributed by atoms with Crippen LogP contribution in [-0.4, -0.2) is 10.2 Å². The Morgan fingerprint density at radius 2 is 1.21 bits per heavy atom. The van der Waals surface area contributed by atoms with Gasteiger partial charge in [0.25, 0.3) is 0 Å². The number of aromatic hydroxyl groups is 2. The molecule has 4 nitrogen and oxygen atoms in total. The zero-order valence-electron chi connectivity index (χ0n) is 17.3. The van der Waals surface area contributed by atoms with Crippen LogP contribution < -0.4 is 9.47 Å². The van der Waals surface area contributed by atoms with Gasteiger partial charge in [-0.2, -0.15) is 0 Å². The fourth-order valence-corrected chi connectivity index (χ4v) is 3.70. The van der Waals surface area contributed by atoms with Gasteiger partial charge in [0.2, 0.25) is 0 Å². The summed E-state index contributed by atoms with van der Waals surface area (Å²) in [5.74, 6) is 2.45. The van der Waals surface area contributed by atoms with Crippen LogP contribution in [0.15, 0.2) is 18.2 Å². The average molecular weight is 385 g/mol. The highest BCUT2D eigenvalue weighted by Gasteiger charge is 2.31. The van der Waals surface area contributed by atoms with Gasteiger partial charge in [0.05, 0.1) is 0 Å². The molecule has 0 unspecified atom stereocenters. The Kier molecular flexibility index (Phi) is 6.71. The second-order valence-corrected chi connectivity index (χ2v) is 7.57. The van der Waals surface area contributed by atoms with Crippen molar-refractivity contribution in [1.29, 1.82) is 0 Å². The molecule has 0 saturated carbocycles. The van der Waals surface area contributed by atoms with Gasteiger partial charge < -0.3 is 19.7 Å². The molecule has 28 heavy (non-hydrogen) atoms. The van der Waals surface area contributed by atoms with E-state index in [0.29, 0.717) is 41.2 Å². The fourth-order valence-electron chi connectivity index (χ4n) is 3.70. The number of benzene rings is 2. The minimum atomic E-state index is -0.0625. The lowest BCUT2D eigenvalue weighted by Crippen LogP contribution is -2.08. The number of phenolic OH excluding ortho intramolecular Hbond substituents is 2. The molecule has 1 aliphatic rings. The highest BCUT2D eigenvalue weighted by molar-refractivity contribution is 5.70. The summed E-state index contributed by atoms with van der Waals surface area (Å²) in [5.41, 5.74) is 2.40. The van der Waals surface area contributed by atoms with E-state index in [1.807, 2.05) is 12.1 Å². The van der Waals surface area contributed by atoms with Gasteiger partial charge in [-0.15, -0.1) is 0 Å². The summed E-state index contributed by atoms with van der Waals surface area (Å²) in [6.45, 7) is 6.38. The highest BCUT2D eigenvalue weighted by Crippen LogP contribution is 2.56. The lowest BCUT2D eigenvalue weighted by Gasteiger charge is -2.28. The predicted molar refractivity (Wildman–Crippen MR) is 112 cm³/mol. The highest BCUT2D eigenvalue weighted by atomic mass is 16.6. The third-order valence-corrected chi connectivity index (χ3v) is 5.39. The number of hydrogen-bond acceptors (Lipinski definition) is 4. The summed E-state index contributed by atoms with van der Waals surface area (Å²) in [7, 11) is 0. The van der Waals surface area contributed by atoms with E-state index >= 15 is 0 Å². The number of fused-ring (bicyclic) bond motifs is 2. The van der Waals surface area contributed by atoms with Gasteiger partial charge >= 0.3 is 0 Å². The molecule has 1 aliphatic heterocycles. The summed E-state index contributed by atoms with van der Waals surface area (Å²) in [5, 5.41) is 21.4. The Morgan fingerprint density at radius 1 is 0.679 bits per heavy atom. The van der Waals surface area contributed by atoms with Crippen LogP contribution in [0.3, 0.4) is 0 Å². The number of hydrogen-bond donors (Lipinski definition) is 2. The molecule has 0 spiro atoms. The molecule has 4 heteroatoms. The first-order valence-corrected chi connectivity index (χ1v) is 10.7. The van der Waals surface area contributed by atoms with Crippen molar-refractivity contribution in [3.05, 3.63) is 34.9 Å². The molecule has 152 valence electrons. The van der Waals surface area contributed by atoms with E-state index in [4.69, 9.17) is 9.47 Å². The van der Waals surface area contributed by atoms with E-state index in [2.05, 4.69) is 26.8 Å². The minimum Gasteiger partial charge on any atom is -0.504 e. The molecule has 0 aromatic heterocycles. The van der Waals surface area contributed by atoms with Crippen LogP contribution in [0.4, 0.5) is 0 Å². The molecule has 0 bridgehead atoms. The molecule has 1 heterocycles. The normalized spacial score (nSPS) is 12.1. The fraction of sp³-hybridized carbons (Fsp3) is 0.500. The maximum atomic E-state index is 10.7. The summed E-state index contributed by atoms with van der Waals surface area (Å²) < 4.78 is 12.7. The topological polar surface area (TPSA) is 58.9 Å². The number of aryl methyl sites for hydroxylation is 1. The second-order valence-electron chi connectivity index (χ2n) is 7.57. The van der Waals surface area contributed by atoms with Crippen LogP contribution in [0, 0.1) is 0 Å². The number of phenols is 2. The molecule has 2 aromatic rings. The quantitative estimate of drug-likeness (QED) is 0.389. The SMILES string of the molecule is CCCCc1cccc2c1Oc1c(CCCC)c(O)c(O)c(CCCC)c1O2. The van der Waals surface area contributed by atoms with Crippen molar-refractivity contribution < 1.29 is 19.7 Å². The molecule has 0 aliphatic carbocycles. The van der Waals surface area contributed by atoms with E-state index < -0.39 is 0 Å². The minimum absolute atomic E-state index is 0.0589. The molecular weight excluding hydrogens is 352 g/mol. The third kappa shape index (κ3) is 3.91. The molecular formula is C24H32O4. The number of unbranched alkanes of at least 4 members (excludes halogenated alkanes) is 3. The Morgan fingerprint density at radius 3 is 1.79 bits per heavy atom. The maximum Gasteiger partial charge on any atom is 0.177 e. The van der Waals surface area contributed by atoms with Crippen molar-refractivity contribution in [1.82, 2.24) is 0 Å². The zero-order valence-corrected chi connectivity index (χ0v) is 17.3. The Labute approximate surface area is 168 Å². The molecule has 0 radical (unpaired) electrons. The Balaban J connectivity index is 2.11. The van der Waals surface area contributed by atoms with Crippen LogP contribution >= 0.6 is 0 Å². The Hall–Kier alpha value is -2.36. The summed E-state index contributed by atoms with van der Waals surface area (Å²) in [6, 6.07) is 5.97. The first-order chi connectivity index (χ1) is 13.6. The van der Waals surface area contributed by atoms with E-state index in [9.17, 15) is 10.2 Å². The molecule has 2 N–H and O–H groups in total. The molecule has 0 fully saturated rings. The first-order valence-electron chi connectivity index (χ1n) is 10.7. The molecule has 0 saturated heterocycles. The van der Waals surface area contributed by atoms with Crippen LogP contribution in [0.5, 0.6) is 34.5 Å². The summed E-state index contributed by atoms with van der Waals surface area (Å²) in [4.78, 5) is 0. The molecule has 0 atom stereocenters. The zero-order chi connectivity index (χ0) is 20.1.